The zero-order chi connectivity index (χ0) is 22.9. The molecule has 0 fully saturated rings. The molecule has 166 valence electrons. The minimum atomic E-state index is -0.325. The highest BCUT2D eigenvalue weighted by atomic mass is 32.1. The number of nitrogens with one attached hydrogen (secondary N) is 1. The number of benzene rings is 2. The van der Waals surface area contributed by atoms with Crippen molar-refractivity contribution in [1.29, 1.82) is 0 Å². The fourth-order valence-electron chi connectivity index (χ4n) is 2.94. The first-order valence-electron chi connectivity index (χ1n) is 10.1. The number of ether oxygens (including phenoxy) is 3. The Hall–Kier alpha value is -3.58. The molecule has 0 unspecified atom stereocenters. The summed E-state index contributed by atoms with van der Waals surface area (Å²) in [5.41, 5.74) is 1.35. The minimum Gasteiger partial charge on any atom is -0.495 e. The van der Waals surface area contributed by atoms with Crippen LogP contribution in [0.15, 0.2) is 60.7 Å². The van der Waals surface area contributed by atoms with Crippen molar-refractivity contribution in [2.45, 2.75) is 13.3 Å². The molecule has 2 aromatic carbocycles. The number of hydrogen-bond acceptors (Lipinski definition) is 6. The van der Waals surface area contributed by atoms with Crippen LogP contribution in [0.2, 0.25) is 0 Å². The van der Waals surface area contributed by atoms with Crippen molar-refractivity contribution in [2.75, 3.05) is 26.1 Å². The second-order valence-corrected chi connectivity index (χ2v) is 7.93. The van der Waals surface area contributed by atoms with Gasteiger partial charge in [-0.2, -0.15) is 0 Å². The van der Waals surface area contributed by atoms with Crippen LogP contribution in [0.1, 0.15) is 27.0 Å². The number of allylic oxidation sites excluding steroid dienone is 1. The lowest BCUT2D eigenvalue weighted by Crippen LogP contribution is -2.20. The van der Waals surface area contributed by atoms with Gasteiger partial charge in [0.2, 0.25) is 0 Å². The largest absolute Gasteiger partial charge is 0.495 e. The van der Waals surface area contributed by atoms with E-state index in [9.17, 15) is 9.59 Å². The Labute approximate surface area is 191 Å². The number of thiophene rings is 1. The van der Waals surface area contributed by atoms with Crippen molar-refractivity contribution >= 4 is 34.8 Å². The smallest absolute Gasteiger partial charge is 0.262 e. The Morgan fingerprint density at radius 3 is 2.47 bits per heavy atom. The van der Waals surface area contributed by atoms with Crippen LogP contribution >= 0.6 is 11.3 Å². The van der Waals surface area contributed by atoms with Crippen LogP contribution in [0.3, 0.4) is 0 Å². The first-order valence-corrected chi connectivity index (χ1v) is 10.9. The van der Waals surface area contributed by atoms with Gasteiger partial charge in [-0.15, -0.1) is 11.3 Å². The quantitative estimate of drug-likeness (QED) is 0.337. The van der Waals surface area contributed by atoms with Crippen molar-refractivity contribution < 1.29 is 23.8 Å². The lowest BCUT2D eigenvalue weighted by atomic mass is 10.1. The number of hydrogen-bond donors (Lipinski definition) is 1. The van der Waals surface area contributed by atoms with E-state index < -0.39 is 0 Å². The Bertz CT molecular complexity index is 1120. The molecule has 0 radical (unpaired) electrons. The molecule has 3 aromatic rings. The summed E-state index contributed by atoms with van der Waals surface area (Å²) in [4.78, 5) is 26.5. The number of amides is 1. The lowest BCUT2D eigenvalue weighted by Gasteiger charge is -2.13. The van der Waals surface area contributed by atoms with Crippen LogP contribution in [0.5, 0.6) is 17.2 Å². The van der Waals surface area contributed by atoms with E-state index in [0.29, 0.717) is 27.8 Å². The minimum absolute atomic E-state index is 0.0398. The summed E-state index contributed by atoms with van der Waals surface area (Å²) in [7, 11) is 3.06. The molecule has 0 aliphatic rings. The van der Waals surface area contributed by atoms with Gasteiger partial charge in [0.25, 0.3) is 5.91 Å². The van der Waals surface area contributed by atoms with Gasteiger partial charge in [0, 0.05) is 4.88 Å². The number of aryl methyl sites for hydroxylation is 1. The van der Waals surface area contributed by atoms with Gasteiger partial charge in [-0.05, 0) is 54.5 Å². The van der Waals surface area contributed by atoms with Gasteiger partial charge >= 0.3 is 0 Å². The van der Waals surface area contributed by atoms with E-state index in [1.54, 1.807) is 55.7 Å². The van der Waals surface area contributed by atoms with Gasteiger partial charge in [0.05, 0.1) is 24.8 Å². The molecule has 3 rings (SSSR count). The summed E-state index contributed by atoms with van der Waals surface area (Å²) >= 11 is 1.51. The summed E-state index contributed by atoms with van der Waals surface area (Å²) in [5.74, 6) is 1.10. The number of para-hydroxylation sites is 2. The van der Waals surface area contributed by atoms with E-state index in [1.165, 1.54) is 23.3 Å². The first kappa shape index (κ1) is 23.1. The van der Waals surface area contributed by atoms with E-state index in [4.69, 9.17) is 14.2 Å². The molecule has 6 nitrogen and oxygen atoms in total. The van der Waals surface area contributed by atoms with Crippen LogP contribution in [-0.4, -0.2) is 32.5 Å². The van der Waals surface area contributed by atoms with Gasteiger partial charge in [-0.1, -0.05) is 31.2 Å². The number of carbonyl (C=O) groups is 2. The van der Waals surface area contributed by atoms with Gasteiger partial charge in [-0.3, -0.25) is 9.59 Å². The van der Waals surface area contributed by atoms with Crippen LogP contribution in [0, 0.1) is 0 Å². The molecule has 0 atom stereocenters. The van der Waals surface area contributed by atoms with Crippen molar-refractivity contribution in [2.24, 2.45) is 0 Å². The predicted octanol–water partition coefficient (Wildman–Crippen LogP) is 5.24. The van der Waals surface area contributed by atoms with E-state index in [0.717, 1.165) is 12.0 Å². The molecule has 0 saturated heterocycles. The lowest BCUT2D eigenvalue weighted by molar-refractivity contribution is -0.118. The molecule has 0 bridgehead atoms. The van der Waals surface area contributed by atoms with Gasteiger partial charge < -0.3 is 19.5 Å². The Balaban J connectivity index is 1.62. The Morgan fingerprint density at radius 2 is 1.75 bits per heavy atom. The fraction of sp³-hybridized carbons (Fsp3) is 0.200. The van der Waals surface area contributed by atoms with Crippen LogP contribution < -0.4 is 19.5 Å². The number of anilines is 1. The van der Waals surface area contributed by atoms with Gasteiger partial charge in [0.1, 0.15) is 5.75 Å². The van der Waals surface area contributed by atoms with Crippen molar-refractivity contribution in [1.82, 2.24) is 0 Å². The van der Waals surface area contributed by atoms with Gasteiger partial charge in [-0.25, -0.2) is 0 Å². The maximum absolute atomic E-state index is 12.4. The molecule has 1 amide bonds. The highest BCUT2D eigenvalue weighted by molar-refractivity contribution is 7.14. The van der Waals surface area contributed by atoms with E-state index in [1.807, 2.05) is 18.2 Å². The van der Waals surface area contributed by atoms with Crippen molar-refractivity contribution in [3.8, 4) is 17.2 Å². The number of methoxy groups -OCH3 is 2. The predicted molar refractivity (Wildman–Crippen MR) is 127 cm³/mol. The molecule has 0 saturated carbocycles. The Morgan fingerprint density at radius 1 is 0.969 bits per heavy atom. The standard InChI is InChI=1S/C25H25NO5S/c1-4-18-11-14-24(32-18)20(27)12-9-17-10-13-22(23(15-17)30-3)31-16-25(28)26-19-7-5-6-8-21(19)29-2/h5-15H,4,16H2,1-3H3,(H,26,28)/b12-9+. The van der Waals surface area contributed by atoms with Crippen LogP contribution in [0.25, 0.3) is 6.08 Å². The van der Waals surface area contributed by atoms with Gasteiger partial charge in [0.15, 0.2) is 23.9 Å². The molecule has 32 heavy (non-hydrogen) atoms. The number of carbonyl (C=O) groups excluding carboxylic acids is 2. The maximum Gasteiger partial charge on any atom is 0.262 e. The summed E-state index contributed by atoms with van der Waals surface area (Å²) < 4.78 is 16.3. The SMILES string of the molecule is CCc1ccc(C(=O)/C=C/c2ccc(OCC(=O)Nc3ccccc3OC)c(OC)c2)s1. The maximum atomic E-state index is 12.4. The van der Waals surface area contributed by atoms with E-state index >= 15 is 0 Å². The number of ketones is 1. The third-order valence-electron chi connectivity index (χ3n) is 4.61. The summed E-state index contributed by atoms with van der Waals surface area (Å²) in [5, 5.41) is 2.76. The molecule has 7 heteroatoms. The normalized spacial score (nSPS) is 10.7. The third kappa shape index (κ3) is 5.98. The highest BCUT2D eigenvalue weighted by Gasteiger charge is 2.11. The van der Waals surface area contributed by atoms with Crippen molar-refractivity contribution in [3.05, 3.63) is 76.0 Å². The molecule has 1 aromatic heterocycles. The molecular formula is C25H25NO5S. The molecule has 0 aliphatic carbocycles. The van der Waals surface area contributed by atoms with E-state index in [2.05, 4.69) is 12.2 Å². The topological polar surface area (TPSA) is 73.9 Å². The highest BCUT2D eigenvalue weighted by Crippen LogP contribution is 2.29. The van der Waals surface area contributed by atoms with Crippen molar-refractivity contribution in [3.63, 3.8) is 0 Å². The third-order valence-corrected chi connectivity index (χ3v) is 5.85. The zero-order valence-electron chi connectivity index (χ0n) is 18.2. The molecular weight excluding hydrogens is 426 g/mol. The molecule has 0 aliphatic heterocycles. The average Bonchev–Trinajstić information content (AvgIpc) is 3.31. The van der Waals surface area contributed by atoms with Crippen LogP contribution in [0.4, 0.5) is 5.69 Å². The molecule has 0 spiro atoms. The summed E-state index contributed by atoms with van der Waals surface area (Å²) in [6.07, 6.45) is 4.19. The first-order chi connectivity index (χ1) is 15.5. The summed E-state index contributed by atoms with van der Waals surface area (Å²) in [6, 6.07) is 16.2. The molecule has 1 heterocycles. The second-order valence-electron chi connectivity index (χ2n) is 6.76. The number of rotatable bonds is 10. The summed E-state index contributed by atoms with van der Waals surface area (Å²) in [6.45, 7) is 1.87. The fourth-order valence-corrected chi connectivity index (χ4v) is 3.81. The average molecular weight is 452 g/mol. The van der Waals surface area contributed by atoms with Crippen LogP contribution in [-0.2, 0) is 11.2 Å². The molecule has 1 N–H and O–H groups in total. The second kappa shape index (κ2) is 11.2. The monoisotopic (exact) mass is 451 g/mol. The Kier molecular flexibility index (Phi) is 8.05. The van der Waals surface area contributed by atoms with E-state index in [-0.39, 0.29) is 18.3 Å². The zero-order valence-corrected chi connectivity index (χ0v) is 19.0.